The molecule has 13 nitrogen and oxygen atoms in total. The average Bonchev–Trinajstić information content (AvgIpc) is 2.88. The van der Waals surface area contributed by atoms with Crippen molar-refractivity contribution in [3.63, 3.8) is 0 Å². The predicted octanol–water partition coefficient (Wildman–Crippen LogP) is -1.13. The van der Waals surface area contributed by atoms with Crippen LogP contribution in [0.5, 0.6) is 0 Å². The lowest BCUT2D eigenvalue weighted by molar-refractivity contribution is -0.376. The van der Waals surface area contributed by atoms with Gasteiger partial charge in [0, 0.05) is 12.8 Å². The molecule has 2 saturated heterocycles. The molecule has 2 fully saturated rings. The summed E-state index contributed by atoms with van der Waals surface area (Å²) in [6.45, 7) is 3.12. The van der Waals surface area contributed by atoms with Crippen molar-refractivity contribution in [3.05, 3.63) is 0 Å². The highest BCUT2D eigenvalue weighted by atomic mass is 16.8. The molecular formula is C24H42O13. The Kier molecular flexibility index (Phi) is 13.6. The van der Waals surface area contributed by atoms with Crippen LogP contribution in [-0.2, 0) is 33.3 Å². The number of ether oxygens (including phenoxy) is 5. The van der Waals surface area contributed by atoms with Crippen molar-refractivity contribution in [2.24, 2.45) is 0 Å². The first-order valence-electron chi connectivity index (χ1n) is 13.0. The normalized spacial score (nSPS) is 36.2. The maximum absolute atomic E-state index is 11.9. The molecule has 0 bridgehead atoms. The third-order valence-corrected chi connectivity index (χ3v) is 6.39. The lowest BCUT2D eigenvalue weighted by Crippen LogP contribution is -2.64. The van der Waals surface area contributed by atoms with Gasteiger partial charge in [0.2, 0.25) is 0 Å². The van der Waals surface area contributed by atoms with E-state index in [0.29, 0.717) is 12.8 Å². The van der Waals surface area contributed by atoms with Gasteiger partial charge in [-0.2, -0.15) is 0 Å². The molecule has 37 heavy (non-hydrogen) atoms. The monoisotopic (exact) mass is 538 g/mol. The fraction of sp³-hybridized carbons (Fsp3) is 0.917. The average molecular weight is 539 g/mol. The number of carbonyl (C=O) groups is 2. The van der Waals surface area contributed by atoms with E-state index in [4.69, 9.17) is 23.7 Å². The van der Waals surface area contributed by atoms with Gasteiger partial charge >= 0.3 is 11.9 Å². The maximum atomic E-state index is 11.9. The molecule has 2 aliphatic rings. The minimum absolute atomic E-state index is 0.175. The molecule has 2 heterocycles. The van der Waals surface area contributed by atoms with Gasteiger partial charge in [-0.15, -0.1) is 0 Å². The zero-order valence-electron chi connectivity index (χ0n) is 21.4. The second-order valence-electron chi connectivity index (χ2n) is 9.45. The molecule has 0 spiro atoms. The molecule has 0 radical (unpaired) electrons. The summed E-state index contributed by atoms with van der Waals surface area (Å²) < 4.78 is 26.6. The van der Waals surface area contributed by atoms with Gasteiger partial charge in [0.25, 0.3) is 0 Å². The summed E-state index contributed by atoms with van der Waals surface area (Å²) in [5.74, 6) is -1.03. The van der Waals surface area contributed by atoms with Crippen molar-refractivity contribution in [2.45, 2.75) is 127 Å². The van der Waals surface area contributed by atoms with E-state index < -0.39 is 86.6 Å². The molecule has 0 saturated carbocycles. The second kappa shape index (κ2) is 15.9. The van der Waals surface area contributed by atoms with Gasteiger partial charge in [-0.05, 0) is 12.8 Å². The number of hydrogen-bond donors (Lipinski definition) is 6. The maximum Gasteiger partial charge on any atom is 0.305 e. The summed E-state index contributed by atoms with van der Waals surface area (Å²) in [7, 11) is 0. The molecule has 0 unspecified atom stereocenters. The third kappa shape index (κ3) is 9.37. The van der Waals surface area contributed by atoms with E-state index in [2.05, 4.69) is 0 Å². The molecule has 6 N–H and O–H groups in total. The van der Waals surface area contributed by atoms with Crippen molar-refractivity contribution < 1.29 is 63.9 Å². The molecule has 2 rings (SSSR count). The van der Waals surface area contributed by atoms with Crippen LogP contribution in [0, 0.1) is 0 Å². The van der Waals surface area contributed by atoms with E-state index in [9.17, 15) is 40.2 Å². The predicted molar refractivity (Wildman–Crippen MR) is 125 cm³/mol. The molecular weight excluding hydrogens is 496 g/mol. The van der Waals surface area contributed by atoms with E-state index in [1.54, 1.807) is 0 Å². The molecule has 0 aromatic carbocycles. The Morgan fingerprint density at radius 1 is 0.595 bits per heavy atom. The van der Waals surface area contributed by atoms with Crippen LogP contribution >= 0.6 is 0 Å². The zero-order chi connectivity index (χ0) is 27.5. The van der Waals surface area contributed by atoms with E-state index in [0.717, 1.165) is 25.7 Å². The van der Waals surface area contributed by atoms with Crippen molar-refractivity contribution in [3.8, 4) is 0 Å². The van der Waals surface area contributed by atoms with Gasteiger partial charge in [-0.1, -0.05) is 39.5 Å². The van der Waals surface area contributed by atoms with Gasteiger partial charge in [0.05, 0.1) is 0 Å². The highest BCUT2D eigenvalue weighted by Crippen LogP contribution is 2.28. The zero-order valence-corrected chi connectivity index (χ0v) is 21.4. The van der Waals surface area contributed by atoms with Crippen LogP contribution in [0.3, 0.4) is 0 Å². The summed E-state index contributed by atoms with van der Waals surface area (Å²) in [6.07, 6.45) is -11.0. The number of hydrogen-bond acceptors (Lipinski definition) is 13. The molecule has 13 heteroatoms. The van der Waals surface area contributed by atoms with Crippen LogP contribution < -0.4 is 0 Å². The van der Waals surface area contributed by atoms with E-state index in [-0.39, 0.29) is 12.8 Å². The van der Waals surface area contributed by atoms with E-state index in [1.165, 1.54) is 0 Å². The van der Waals surface area contributed by atoms with Gasteiger partial charge in [-0.3, -0.25) is 9.59 Å². The van der Waals surface area contributed by atoms with Gasteiger partial charge in [0.15, 0.2) is 12.6 Å². The quantitative estimate of drug-likeness (QED) is 0.115. The van der Waals surface area contributed by atoms with Crippen LogP contribution in [0.4, 0.5) is 0 Å². The number of unbranched alkanes of at least 4 members (excludes halogenated alkanes) is 4. The first-order chi connectivity index (χ1) is 17.6. The lowest BCUT2D eigenvalue weighted by atomic mass is 9.98. The van der Waals surface area contributed by atoms with Crippen molar-refractivity contribution in [1.82, 2.24) is 0 Å². The SMILES string of the molecule is CCCCCC(=O)OC[C@H]1O[C@H](O[C@H]2O[C@H](COC(=O)CCCCC)[C@@H](O)[C@H](O)[C@H]2O)[C@H](O)[C@@H](O)[C@@H]1O. The first kappa shape index (κ1) is 31.8. The van der Waals surface area contributed by atoms with Crippen LogP contribution in [0.25, 0.3) is 0 Å². The number of aliphatic hydroxyl groups is 6. The Morgan fingerprint density at radius 3 is 1.32 bits per heavy atom. The number of esters is 2. The largest absolute Gasteiger partial charge is 0.463 e. The standard InChI is InChI=1S/C24H42O13/c1-3-5-7-9-15(25)33-11-13-17(27)19(29)21(31)23(35-13)37-24-22(32)20(30)18(28)14(36-24)12-34-16(26)10-8-6-4-2/h13-14,17-24,27-32H,3-12H2,1-2H3/t13-,14-,17-,18-,19+,20+,21-,22-,23-,24-/m1/s1. The molecule has 216 valence electrons. The molecule has 2 aliphatic heterocycles. The number of carbonyl (C=O) groups excluding carboxylic acids is 2. The van der Waals surface area contributed by atoms with E-state index in [1.807, 2.05) is 13.8 Å². The summed E-state index contributed by atoms with van der Waals surface area (Å²) >= 11 is 0. The topological polar surface area (TPSA) is 202 Å². The van der Waals surface area contributed by atoms with Gasteiger partial charge in [-0.25, -0.2) is 0 Å². The Balaban J connectivity index is 1.96. The van der Waals surface area contributed by atoms with Crippen LogP contribution in [0.15, 0.2) is 0 Å². The van der Waals surface area contributed by atoms with Crippen LogP contribution in [-0.4, -0.2) is 117 Å². The van der Waals surface area contributed by atoms with Crippen molar-refractivity contribution >= 4 is 11.9 Å². The second-order valence-corrected chi connectivity index (χ2v) is 9.45. The van der Waals surface area contributed by atoms with Gasteiger partial charge in [0.1, 0.15) is 62.0 Å². The minimum atomic E-state index is -1.79. The molecule has 0 aromatic heterocycles. The fourth-order valence-electron chi connectivity index (χ4n) is 4.00. The lowest BCUT2D eigenvalue weighted by Gasteiger charge is -2.44. The fourth-order valence-corrected chi connectivity index (χ4v) is 4.00. The molecule has 0 amide bonds. The van der Waals surface area contributed by atoms with Crippen LogP contribution in [0.2, 0.25) is 0 Å². The van der Waals surface area contributed by atoms with E-state index >= 15 is 0 Å². The Bertz CT molecular complexity index is 636. The Hall–Kier alpha value is -1.42. The van der Waals surface area contributed by atoms with Gasteiger partial charge < -0.3 is 54.3 Å². The number of aliphatic hydroxyl groups excluding tert-OH is 6. The first-order valence-corrected chi connectivity index (χ1v) is 13.0. The molecule has 0 aromatic rings. The highest BCUT2D eigenvalue weighted by Gasteiger charge is 2.50. The van der Waals surface area contributed by atoms with Crippen LogP contribution in [0.1, 0.15) is 65.2 Å². The number of rotatable bonds is 14. The summed E-state index contributed by atoms with van der Waals surface area (Å²) in [4.78, 5) is 23.8. The Labute approximate surface area is 216 Å². The minimum Gasteiger partial charge on any atom is -0.463 e. The summed E-state index contributed by atoms with van der Waals surface area (Å²) in [5, 5.41) is 61.7. The molecule has 0 aliphatic carbocycles. The van der Waals surface area contributed by atoms with Crippen molar-refractivity contribution in [2.75, 3.05) is 13.2 Å². The van der Waals surface area contributed by atoms with Crippen molar-refractivity contribution in [1.29, 1.82) is 0 Å². The summed E-state index contributed by atoms with van der Waals surface area (Å²) in [6, 6.07) is 0. The Morgan fingerprint density at radius 2 is 0.973 bits per heavy atom. The highest BCUT2D eigenvalue weighted by molar-refractivity contribution is 5.69. The third-order valence-electron chi connectivity index (χ3n) is 6.39. The smallest absolute Gasteiger partial charge is 0.305 e. The molecule has 10 atom stereocenters. The summed E-state index contributed by atoms with van der Waals surface area (Å²) in [5.41, 5.74) is 0.